The molecule has 2 aromatic heterocycles. The predicted octanol–water partition coefficient (Wildman–Crippen LogP) is 0.0905. The van der Waals surface area contributed by atoms with Gasteiger partial charge in [-0.2, -0.15) is 9.36 Å². The third-order valence-electron chi connectivity index (χ3n) is 4.75. The number of anilines is 1. The fraction of sp³-hybridized carbons (Fsp3) is 0.444. The lowest BCUT2D eigenvalue weighted by molar-refractivity contribution is -0.150. The van der Waals surface area contributed by atoms with Crippen molar-refractivity contribution in [3.05, 3.63) is 22.1 Å². The normalized spacial score (nSPS) is 19.8. The van der Waals surface area contributed by atoms with Crippen molar-refractivity contribution in [1.82, 2.24) is 29.8 Å². The average molecular weight is 572 g/mol. The van der Waals surface area contributed by atoms with Crippen LogP contribution in [0.3, 0.4) is 0 Å². The Hall–Kier alpha value is -2.80. The van der Waals surface area contributed by atoms with E-state index in [-0.39, 0.29) is 35.0 Å². The Morgan fingerprint density at radius 3 is 2.78 bits per heavy atom. The zero-order chi connectivity index (χ0) is 26.0. The van der Waals surface area contributed by atoms with Gasteiger partial charge in [0, 0.05) is 29.6 Å². The summed E-state index contributed by atoms with van der Waals surface area (Å²) in [4.78, 5) is 48.4. The van der Waals surface area contributed by atoms with E-state index < -0.39 is 29.2 Å². The smallest absolute Gasteiger partial charge is 0.352 e. The maximum Gasteiger partial charge on any atom is 0.352 e. The summed E-state index contributed by atoms with van der Waals surface area (Å²) in [7, 11) is 0. The number of nitrogens with one attached hydrogen (secondary N) is 1. The van der Waals surface area contributed by atoms with Crippen LogP contribution in [0.25, 0.3) is 0 Å². The summed E-state index contributed by atoms with van der Waals surface area (Å²) in [6, 6.07) is -0.957. The number of carboxylic acid groups (broad SMARTS) is 1. The number of nitrogens with zero attached hydrogens (tertiary/aromatic N) is 6. The fourth-order valence-electron chi connectivity index (χ4n) is 3.21. The van der Waals surface area contributed by atoms with E-state index in [1.54, 1.807) is 13.8 Å². The molecule has 4 rings (SSSR count). The first-order chi connectivity index (χ1) is 17.2. The number of nitrogens with two attached hydrogens (primary N) is 2. The Labute approximate surface area is 221 Å². The highest BCUT2D eigenvalue weighted by molar-refractivity contribution is 8.01. The lowest BCUT2D eigenvalue weighted by atomic mass is 10.0. The largest absolute Gasteiger partial charge is 0.477 e. The molecule has 6 N–H and O–H groups in total. The van der Waals surface area contributed by atoms with Gasteiger partial charge in [0.05, 0.1) is 0 Å². The van der Waals surface area contributed by atoms with E-state index in [1.165, 1.54) is 39.8 Å². The van der Waals surface area contributed by atoms with E-state index >= 15 is 0 Å². The van der Waals surface area contributed by atoms with E-state index in [4.69, 9.17) is 16.3 Å². The molecule has 0 radical (unpaired) electrons. The van der Waals surface area contributed by atoms with Crippen LogP contribution in [-0.2, 0) is 25.8 Å². The van der Waals surface area contributed by atoms with Gasteiger partial charge in [-0.15, -0.1) is 22.0 Å². The predicted molar refractivity (Wildman–Crippen MR) is 135 cm³/mol. The topological polar surface area (TPSA) is 212 Å². The number of hydrogen-bond acceptors (Lipinski definition) is 15. The molecule has 2 atom stereocenters. The van der Waals surface area contributed by atoms with Crippen LogP contribution in [-0.4, -0.2) is 82.1 Å². The SMILES string of the molecule is CC(C)ON=C(C(=O)NC1C(=O)N2C(C(=O)O)=C(CSc3nnc(CN)s3)CS[C@@H]12)c1nsc(N)n1. The number of hydrogen-bond donors (Lipinski definition) is 4. The van der Waals surface area contributed by atoms with Crippen LogP contribution in [0.4, 0.5) is 5.13 Å². The number of thioether (sulfide) groups is 2. The second-order valence-electron chi connectivity index (χ2n) is 7.62. The Bertz CT molecular complexity index is 1240. The first-order valence-electron chi connectivity index (χ1n) is 10.4. The van der Waals surface area contributed by atoms with Gasteiger partial charge in [0.15, 0.2) is 9.47 Å². The molecule has 1 saturated heterocycles. The molecule has 1 unspecified atom stereocenters. The number of oxime groups is 1. The second-order valence-corrected chi connectivity index (χ2v) is 11.8. The van der Waals surface area contributed by atoms with Gasteiger partial charge in [0.1, 0.15) is 28.2 Å². The minimum Gasteiger partial charge on any atom is -0.477 e. The van der Waals surface area contributed by atoms with Crippen LogP contribution >= 0.6 is 46.4 Å². The summed E-state index contributed by atoms with van der Waals surface area (Å²) >= 11 is 4.90. The van der Waals surface area contributed by atoms with E-state index in [0.717, 1.165) is 11.5 Å². The number of aromatic nitrogens is 4. The van der Waals surface area contributed by atoms with E-state index in [0.29, 0.717) is 26.4 Å². The summed E-state index contributed by atoms with van der Waals surface area (Å²) < 4.78 is 4.65. The van der Waals surface area contributed by atoms with Crippen molar-refractivity contribution >= 4 is 75.0 Å². The third-order valence-corrected chi connectivity index (χ3v) is 8.80. The van der Waals surface area contributed by atoms with E-state index in [1.807, 2.05) is 0 Å². The number of aliphatic carboxylic acids is 1. The molecule has 0 aliphatic carbocycles. The first kappa shape index (κ1) is 26.3. The molecule has 2 amide bonds. The number of carboxylic acids is 1. The lowest BCUT2D eigenvalue weighted by Crippen LogP contribution is -2.71. The average Bonchev–Trinajstić information content (AvgIpc) is 3.49. The molecule has 2 aromatic rings. The summed E-state index contributed by atoms with van der Waals surface area (Å²) in [5.41, 5.74) is 11.4. The highest BCUT2D eigenvalue weighted by atomic mass is 32.2. The van der Waals surface area contributed by atoms with Crippen LogP contribution in [0.5, 0.6) is 0 Å². The van der Waals surface area contributed by atoms with Gasteiger partial charge in [-0.3, -0.25) is 14.5 Å². The van der Waals surface area contributed by atoms with Crippen molar-refractivity contribution in [2.45, 2.75) is 42.3 Å². The number of fused-ring (bicyclic) bond motifs is 1. The van der Waals surface area contributed by atoms with Gasteiger partial charge < -0.3 is 26.7 Å². The fourth-order valence-corrected chi connectivity index (χ4v) is 6.90. The lowest BCUT2D eigenvalue weighted by Gasteiger charge is -2.49. The Balaban J connectivity index is 1.48. The van der Waals surface area contributed by atoms with Gasteiger partial charge in [-0.05, 0) is 19.4 Å². The maximum absolute atomic E-state index is 13.0. The maximum atomic E-state index is 13.0. The minimum atomic E-state index is -1.22. The minimum absolute atomic E-state index is 0.0320. The Morgan fingerprint density at radius 1 is 1.39 bits per heavy atom. The number of carbonyl (C=O) groups excluding carboxylic acids is 2. The quantitative estimate of drug-likeness (QED) is 0.129. The molecule has 18 heteroatoms. The summed E-state index contributed by atoms with van der Waals surface area (Å²) in [5.74, 6) is -1.85. The molecule has 4 heterocycles. The van der Waals surface area contributed by atoms with Gasteiger partial charge >= 0.3 is 5.97 Å². The van der Waals surface area contributed by atoms with Crippen LogP contribution in [0.15, 0.2) is 20.8 Å². The Morgan fingerprint density at radius 2 is 2.17 bits per heavy atom. The monoisotopic (exact) mass is 571 g/mol. The molecule has 0 bridgehead atoms. The van der Waals surface area contributed by atoms with Crippen molar-refractivity contribution < 1.29 is 24.3 Å². The molecule has 192 valence electrons. The number of carbonyl (C=O) groups is 3. The van der Waals surface area contributed by atoms with Crippen molar-refractivity contribution in [2.75, 3.05) is 17.2 Å². The van der Waals surface area contributed by atoms with Gasteiger partial charge in [-0.25, -0.2) is 4.79 Å². The summed E-state index contributed by atoms with van der Waals surface area (Å²) in [6.07, 6.45) is -0.319. The van der Waals surface area contributed by atoms with Gasteiger partial charge in [-0.1, -0.05) is 28.3 Å². The zero-order valence-corrected chi connectivity index (χ0v) is 22.2. The first-order valence-corrected chi connectivity index (χ1v) is 14.0. The molecule has 2 aliphatic rings. The second kappa shape index (κ2) is 11.1. The molecule has 1 fully saturated rings. The summed E-state index contributed by atoms with van der Waals surface area (Å²) in [6.45, 7) is 3.73. The molecule has 36 heavy (non-hydrogen) atoms. The molecule has 14 nitrogen and oxygen atoms in total. The number of rotatable bonds is 10. The third kappa shape index (κ3) is 5.46. The van der Waals surface area contributed by atoms with Crippen LogP contribution in [0.2, 0.25) is 0 Å². The number of β-lactam (4-membered cyclic amide) rings is 1. The van der Waals surface area contributed by atoms with Crippen LogP contribution < -0.4 is 16.8 Å². The van der Waals surface area contributed by atoms with Crippen LogP contribution in [0, 0.1) is 0 Å². The Kier molecular flexibility index (Phi) is 8.08. The standard InChI is InChI=1S/C18H21N9O5S4/c1-6(2)32-25-9(12-22-17(20)36-26-12)13(28)21-10-14(29)27-11(16(30)31)7(4-33-15(10)27)5-34-18-24-23-8(3-19)35-18/h6,10,15H,3-5,19H2,1-2H3,(H,21,28)(H,30,31)(H2,20,22,26)/t10?,15-/m0/s1. The molecule has 0 saturated carbocycles. The number of amides is 2. The van der Waals surface area contributed by atoms with Crippen LogP contribution in [0.1, 0.15) is 24.7 Å². The molecule has 0 aromatic carbocycles. The van der Waals surface area contributed by atoms with Crippen molar-refractivity contribution in [2.24, 2.45) is 10.9 Å². The van der Waals surface area contributed by atoms with Crippen molar-refractivity contribution in [3.63, 3.8) is 0 Å². The zero-order valence-electron chi connectivity index (χ0n) is 18.9. The molecule has 2 aliphatic heterocycles. The highest BCUT2D eigenvalue weighted by Crippen LogP contribution is 2.41. The van der Waals surface area contributed by atoms with E-state index in [9.17, 15) is 19.5 Å². The van der Waals surface area contributed by atoms with Crippen molar-refractivity contribution in [1.29, 1.82) is 0 Å². The highest BCUT2D eigenvalue weighted by Gasteiger charge is 2.54. The van der Waals surface area contributed by atoms with Gasteiger partial charge in [0.2, 0.25) is 11.5 Å². The van der Waals surface area contributed by atoms with E-state index in [2.05, 4.69) is 30.0 Å². The summed E-state index contributed by atoms with van der Waals surface area (Å²) in [5, 5.41) is 24.5. The molecular weight excluding hydrogens is 551 g/mol. The van der Waals surface area contributed by atoms with Gasteiger partial charge in [0.25, 0.3) is 11.8 Å². The number of nitrogen functional groups attached to an aromatic ring is 1. The molecular formula is C18H21N9O5S4. The molecule has 0 spiro atoms. The van der Waals surface area contributed by atoms with Crippen molar-refractivity contribution in [3.8, 4) is 0 Å².